The van der Waals surface area contributed by atoms with Gasteiger partial charge in [-0.25, -0.2) is 0 Å². The van der Waals surface area contributed by atoms with Crippen molar-refractivity contribution in [3.63, 3.8) is 0 Å². The molecule has 0 aliphatic carbocycles. The van der Waals surface area contributed by atoms with Crippen LogP contribution in [0.2, 0.25) is 0 Å². The maximum absolute atomic E-state index is 10.6. The van der Waals surface area contributed by atoms with Gasteiger partial charge in [0.05, 0.1) is 33.0 Å². The number of benzene rings is 3. The van der Waals surface area contributed by atoms with Crippen LogP contribution in [0.1, 0.15) is 18.6 Å². The van der Waals surface area contributed by atoms with Gasteiger partial charge in [0.25, 0.3) is 0 Å². The summed E-state index contributed by atoms with van der Waals surface area (Å²) in [4.78, 5) is 3.41. The molecular formula is C24H25NO5. The first kappa shape index (κ1) is 19.9. The van der Waals surface area contributed by atoms with Crippen LogP contribution in [0, 0.1) is 0 Å². The molecule has 2 unspecified atom stereocenters. The molecule has 30 heavy (non-hydrogen) atoms. The van der Waals surface area contributed by atoms with Gasteiger partial charge in [-0.3, -0.25) is 0 Å². The van der Waals surface area contributed by atoms with Crippen LogP contribution in [-0.4, -0.2) is 37.5 Å². The standard InChI is InChI=1S/C24H25NO5/c1-14(26)23(15-12-20(27-2)24(29-4)21(13-15)28-3)30-19-11-7-10-18-22(19)16-8-5-6-9-17(16)25-18/h5-14,23,25-26H,1-4H3. The number of hydrogen-bond donors (Lipinski definition) is 2. The maximum Gasteiger partial charge on any atom is 0.203 e. The molecule has 0 aliphatic heterocycles. The normalized spacial score (nSPS) is 13.2. The fourth-order valence-corrected chi connectivity index (χ4v) is 3.81. The second kappa shape index (κ2) is 8.16. The Morgan fingerprint density at radius 2 is 1.47 bits per heavy atom. The molecular weight excluding hydrogens is 382 g/mol. The van der Waals surface area contributed by atoms with Crippen LogP contribution in [0.5, 0.6) is 23.0 Å². The molecule has 0 aliphatic rings. The third-order valence-electron chi connectivity index (χ3n) is 5.20. The first-order valence-electron chi connectivity index (χ1n) is 9.71. The SMILES string of the molecule is COc1cc(C(Oc2cccc3[nH]c4ccccc4c23)C(C)O)cc(OC)c1OC. The number of para-hydroxylation sites is 1. The van der Waals surface area contributed by atoms with Gasteiger partial charge in [-0.15, -0.1) is 0 Å². The summed E-state index contributed by atoms with van der Waals surface area (Å²) >= 11 is 0. The van der Waals surface area contributed by atoms with Crippen LogP contribution in [0.3, 0.4) is 0 Å². The van der Waals surface area contributed by atoms with E-state index in [9.17, 15) is 5.11 Å². The smallest absolute Gasteiger partial charge is 0.203 e. The van der Waals surface area contributed by atoms with Crippen molar-refractivity contribution in [3.05, 3.63) is 60.2 Å². The Balaban J connectivity index is 1.83. The summed E-state index contributed by atoms with van der Waals surface area (Å²) < 4.78 is 22.7. The molecule has 3 aromatic carbocycles. The molecule has 0 bridgehead atoms. The van der Waals surface area contributed by atoms with E-state index in [4.69, 9.17) is 18.9 Å². The summed E-state index contributed by atoms with van der Waals surface area (Å²) in [5, 5.41) is 12.6. The number of methoxy groups -OCH3 is 3. The number of rotatable bonds is 7. The van der Waals surface area contributed by atoms with Crippen molar-refractivity contribution in [2.75, 3.05) is 21.3 Å². The van der Waals surface area contributed by atoms with E-state index < -0.39 is 12.2 Å². The molecule has 2 atom stereocenters. The number of ether oxygens (including phenoxy) is 4. The van der Waals surface area contributed by atoms with Gasteiger partial charge in [-0.1, -0.05) is 24.3 Å². The van der Waals surface area contributed by atoms with E-state index in [1.165, 1.54) is 0 Å². The van der Waals surface area contributed by atoms with Crippen LogP contribution in [0.25, 0.3) is 21.8 Å². The molecule has 2 N–H and O–H groups in total. The fourth-order valence-electron chi connectivity index (χ4n) is 3.81. The fraction of sp³-hybridized carbons (Fsp3) is 0.250. The highest BCUT2D eigenvalue weighted by molar-refractivity contribution is 6.10. The number of H-pyrrole nitrogens is 1. The second-order valence-electron chi connectivity index (χ2n) is 7.09. The quantitative estimate of drug-likeness (QED) is 0.458. The van der Waals surface area contributed by atoms with Crippen LogP contribution in [-0.2, 0) is 0 Å². The van der Waals surface area contributed by atoms with Gasteiger partial charge >= 0.3 is 0 Å². The van der Waals surface area contributed by atoms with Gasteiger partial charge in [0.1, 0.15) is 11.9 Å². The number of aromatic nitrogens is 1. The second-order valence-corrected chi connectivity index (χ2v) is 7.09. The topological polar surface area (TPSA) is 72.9 Å². The van der Waals surface area contributed by atoms with E-state index in [1.54, 1.807) is 40.4 Å². The predicted octanol–water partition coefficient (Wildman–Crippen LogP) is 4.85. The van der Waals surface area contributed by atoms with Gasteiger partial charge < -0.3 is 29.0 Å². The van der Waals surface area contributed by atoms with Crippen molar-refractivity contribution < 1.29 is 24.1 Å². The summed E-state index contributed by atoms with van der Waals surface area (Å²) in [6, 6.07) is 17.5. The number of aromatic amines is 1. The zero-order valence-electron chi connectivity index (χ0n) is 17.4. The first-order chi connectivity index (χ1) is 14.6. The van der Waals surface area contributed by atoms with Crippen LogP contribution < -0.4 is 18.9 Å². The van der Waals surface area contributed by atoms with Crippen LogP contribution in [0.4, 0.5) is 0 Å². The minimum absolute atomic E-state index is 0.492. The monoisotopic (exact) mass is 407 g/mol. The van der Waals surface area contributed by atoms with E-state index in [1.807, 2.05) is 36.4 Å². The zero-order chi connectivity index (χ0) is 21.3. The Labute approximate surface area is 174 Å². The molecule has 6 heteroatoms. The maximum atomic E-state index is 10.6. The summed E-state index contributed by atoms with van der Waals surface area (Å²) in [5.41, 5.74) is 2.73. The molecule has 0 spiro atoms. The molecule has 0 saturated heterocycles. The Kier molecular flexibility index (Phi) is 5.42. The Bertz CT molecular complexity index is 1160. The highest BCUT2D eigenvalue weighted by atomic mass is 16.5. The summed E-state index contributed by atoms with van der Waals surface area (Å²) in [7, 11) is 4.68. The van der Waals surface area contributed by atoms with E-state index in [0.29, 0.717) is 23.0 Å². The molecule has 4 aromatic rings. The van der Waals surface area contributed by atoms with Crippen molar-refractivity contribution in [2.24, 2.45) is 0 Å². The third kappa shape index (κ3) is 3.39. The number of fused-ring (bicyclic) bond motifs is 3. The molecule has 0 saturated carbocycles. The lowest BCUT2D eigenvalue weighted by Crippen LogP contribution is -2.21. The van der Waals surface area contributed by atoms with Gasteiger partial charge in [0.2, 0.25) is 5.75 Å². The van der Waals surface area contributed by atoms with E-state index >= 15 is 0 Å². The Morgan fingerprint density at radius 1 is 0.800 bits per heavy atom. The molecule has 0 radical (unpaired) electrons. The lowest BCUT2D eigenvalue weighted by molar-refractivity contribution is 0.0488. The number of aliphatic hydroxyl groups excluding tert-OH is 1. The largest absolute Gasteiger partial charge is 0.493 e. The molecule has 0 fully saturated rings. The van der Waals surface area contributed by atoms with E-state index in [-0.39, 0.29) is 0 Å². The van der Waals surface area contributed by atoms with Gasteiger partial charge in [-0.05, 0) is 37.3 Å². The summed E-state index contributed by atoms with van der Waals surface area (Å²) in [5.74, 6) is 2.19. The number of hydrogen-bond acceptors (Lipinski definition) is 5. The average molecular weight is 407 g/mol. The molecule has 0 amide bonds. The highest BCUT2D eigenvalue weighted by Crippen LogP contribution is 2.42. The molecule has 1 heterocycles. The van der Waals surface area contributed by atoms with Crippen molar-refractivity contribution in [2.45, 2.75) is 19.1 Å². The van der Waals surface area contributed by atoms with E-state index in [2.05, 4.69) is 11.1 Å². The molecule has 1 aromatic heterocycles. The van der Waals surface area contributed by atoms with Gasteiger partial charge in [0, 0.05) is 21.9 Å². The summed E-state index contributed by atoms with van der Waals surface area (Å²) in [6.07, 6.45) is -1.42. The van der Waals surface area contributed by atoms with E-state index in [0.717, 1.165) is 27.4 Å². The first-order valence-corrected chi connectivity index (χ1v) is 9.71. The van der Waals surface area contributed by atoms with Crippen LogP contribution in [0.15, 0.2) is 54.6 Å². The number of aliphatic hydroxyl groups is 1. The average Bonchev–Trinajstić information content (AvgIpc) is 3.15. The molecule has 4 rings (SSSR count). The minimum atomic E-state index is -0.784. The predicted molar refractivity (Wildman–Crippen MR) is 117 cm³/mol. The van der Waals surface area contributed by atoms with Crippen molar-refractivity contribution in [3.8, 4) is 23.0 Å². The number of nitrogens with one attached hydrogen (secondary N) is 1. The third-order valence-corrected chi connectivity index (χ3v) is 5.20. The van der Waals surface area contributed by atoms with Crippen LogP contribution >= 0.6 is 0 Å². The van der Waals surface area contributed by atoms with Gasteiger partial charge in [0.15, 0.2) is 11.5 Å². The molecule has 156 valence electrons. The van der Waals surface area contributed by atoms with Gasteiger partial charge in [-0.2, -0.15) is 0 Å². The zero-order valence-corrected chi connectivity index (χ0v) is 17.4. The lowest BCUT2D eigenvalue weighted by Gasteiger charge is -2.24. The van der Waals surface area contributed by atoms with Crippen molar-refractivity contribution >= 4 is 21.8 Å². The summed E-state index contributed by atoms with van der Waals surface area (Å²) in [6.45, 7) is 1.70. The molecule has 6 nitrogen and oxygen atoms in total. The lowest BCUT2D eigenvalue weighted by atomic mass is 10.0. The Morgan fingerprint density at radius 3 is 2.10 bits per heavy atom. The highest BCUT2D eigenvalue weighted by Gasteiger charge is 2.25. The minimum Gasteiger partial charge on any atom is -0.493 e. The Hall–Kier alpha value is -3.38. The van der Waals surface area contributed by atoms with Crippen molar-refractivity contribution in [1.29, 1.82) is 0 Å². The van der Waals surface area contributed by atoms with Crippen molar-refractivity contribution in [1.82, 2.24) is 4.98 Å².